The fraction of sp³-hybridized carbons (Fsp3) is 0.480. The van der Waals surface area contributed by atoms with Gasteiger partial charge in [-0.2, -0.15) is 0 Å². The van der Waals surface area contributed by atoms with Gasteiger partial charge in [0.2, 0.25) is 5.91 Å². The number of rotatable bonds is 6. The zero-order valence-corrected chi connectivity index (χ0v) is 17.8. The first-order chi connectivity index (χ1) is 14.6. The molecule has 0 bridgehead atoms. The van der Waals surface area contributed by atoms with Crippen molar-refractivity contribution in [3.63, 3.8) is 0 Å². The number of fused-ring (bicyclic) bond motifs is 1. The summed E-state index contributed by atoms with van der Waals surface area (Å²) in [5.74, 6) is 0.0848. The Kier molecular flexibility index (Phi) is 6.82. The third-order valence-corrected chi connectivity index (χ3v) is 6.28. The fourth-order valence-corrected chi connectivity index (χ4v) is 4.55. The normalized spacial score (nSPS) is 18.8. The van der Waals surface area contributed by atoms with E-state index in [0.717, 1.165) is 56.6 Å². The number of benzene rings is 2. The van der Waals surface area contributed by atoms with Gasteiger partial charge in [0.15, 0.2) is 0 Å². The zero-order valence-electron chi connectivity index (χ0n) is 17.8. The molecule has 2 aromatic rings. The number of aryl methyl sites for hydroxylation is 1. The van der Waals surface area contributed by atoms with E-state index in [1.807, 2.05) is 35.2 Å². The molecular weight excluding hydrogens is 376 g/mol. The Balaban J connectivity index is 1.28. The molecule has 5 nitrogen and oxygen atoms in total. The molecule has 1 unspecified atom stereocenters. The second-order valence-electron chi connectivity index (χ2n) is 8.47. The molecule has 5 heteroatoms. The highest BCUT2D eigenvalue weighted by molar-refractivity contribution is 5.92. The minimum absolute atomic E-state index is 0.0848. The van der Waals surface area contributed by atoms with Gasteiger partial charge in [0.1, 0.15) is 0 Å². The van der Waals surface area contributed by atoms with Gasteiger partial charge in [0, 0.05) is 38.8 Å². The topological polar surface area (TPSA) is 53.0 Å². The highest BCUT2D eigenvalue weighted by Crippen LogP contribution is 2.30. The van der Waals surface area contributed by atoms with Crippen molar-refractivity contribution in [2.45, 2.75) is 51.4 Å². The lowest BCUT2D eigenvalue weighted by atomic mass is 9.96. The van der Waals surface area contributed by atoms with E-state index in [1.165, 1.54) is 11.1 Å². The predicted molar refractivity (Wildman–Crippen MR) is 118 cm³/mol. The van der Waals surface area contributed by atoms with Crippen molar-refractivity contribution in [3.8, 4) is 0 Å². The second kappa shape index (κ2) is 9.73. The van der Waals surface area contributed by atoms with Gasteiger partial charge in [-0.05, 0) is 48.4 Å². The summed E-state index contributed by atoms with van der Waals surface area (Å²) in [6.45, 7) is 5.59. The predicted octanol–water partition coefficient (Wildman–Crippen LogP) is 3.70. The number of aliphatic hydroxyl groups excluding tert-OH is 1. The molecule has 160 valence electrons. The number of piperidine rings is 1. The van der Waals surface area contributed by atoms with E-state index in [2.05, 4.69) is 23.1 Å². The summed E-state index contributed by atoms with van der Waals surface area (Å²) in [6.07, 6.45) is 3.71. The molecule has 0 saturated carbocycles. The minimum Gasteiger partial charge on any atom is -0.387 e. The van der Waals surface area contributed by atoms with E-state index >= 15 is 0 Å². The molecule has 0 aliphatic carbocycles. The average Bonchev–Trinajstić information content (AvgIpc) is 2.78. The van der Waals surface area contributed by atoms with E-state index in [-0.39, 0.29) is 5.91 Å². The highest BCUT2D eigenvalue weighted by Gasteiger charge is 2.24. The third kappa shape index (κ3) is 5.09. The van der Waals surface area contributed by atoms with Crippen LogP contribution < -0.4 is 4.90 Å². The molecule has 2 aromatic carbocycles. The van der Waals surface area contributed by atoms with E-state index in [1.54, 1.807) is 6.92 Å². The first kappa shape index (κ1) is 21.0. The lowest BCUT2D eigenvalue weighted by Crippen LogP contribution is -2.39. The Morgan fingerprint density at radius 3 is 2.63 bits per heavy atom. The summed E-state index contributed by atoms with van der Waals surface area (Å²) < 4.78 is 6.08. The summed E-state index contributed by atoms with van der Waals surface area (Å²) in [7, 11) is 0. The Morgan fingerprint density at radius 2 is 1.90 bits per heavy atom. The molecule has 1 fully saturated rings. The number of hydrogen-bond donors (Lipinski definition) is 1. The highest BCUT2D eigenvalue weighted by atomic mass is 16.5. The molecule has 0 radical (unpaired) electrons. The molecule has 1 N–H and O–H groups in total. The van der Waals surface area contributed by atoms with Crippen LogP contribution in [0, 0.1) is 0 Å². The van der Waals surface area contributed by atoms with Crippen LogP contribution in [0.15, 0.2) is 48.5 Å². The van der Waals surface area contributed by atoms with Gasteiger partial charge in [-0.3, -0.25) is 4.79 Å². The van der Waals surface area contributed by atoms with Crippen molar-refractivity contribution >= 4 is 11.6 Å². The minimum atomic E-state index is -0.509. The van der Waals surface area contributed by atoms with Gasteiger partial charge in [-0.1, -0.05) is 42.5 Å². The van der Waals surface area contributed by atoms with Crippen LogP contribution in [-0.2, 0) is 22.6 Å². The number of carbonyl (C=O) groups excluding carboxylic acids is 1. The van der Waals surface area contributed by atoms with Crippen molar-refractivity contribution in [1.82, 2.24) is 4.90 Å². The van der Waals surface area contributed by atoms with Crippen LogP contribution in [0.2, 0.25) is 0 Å². The van der Waals surface area contributed by atoms with Gasteiger partial charge >= 0.3 is 0 Å². The van der Waals surface area contributed by atoms with Crippen LogP contribution in [-0.4, -0.2) is 48.2 Å². The van der Waals surface area contributed by atoms with E-state index in [4.69, 9.17) is 4.74 Å². The Morgan fingerprint density at radius 1 is 1.13 bits per heavy atom. The van der Waals surface area contributed by atoms with Crippen LogP contribution in [0.4, 0.5) is 5.69 Å². The molecule has 1 saturated heterocycles. The van der Waals surface area contributed by atoms with Crippen LogP contribution in [0.3, 0.4) is 0 Å². The SMILES string of the molecule is CC(=O)N1CCCc2cc(C(O)CN3CCC(OCc4ccccc4)CC3)ccc21. The number of ether oxygens (including phenoxy) is 1. The van der Waals surface area contributed by atoms with Gasteiger partial charge in [0.25, 0.3) is 0 Å². The largest absolute Gasteiger partial charge is 0.387 e. The summed E-state index contributed by atoms with van der Waals surface area (Å²) >= 11 is 0. The molecule has 4 rings (SSSR count). The summed E-state index contributed by atoms with van der Waals surface area (Å²) in [4.78, 5) is 16.0. The van der Waals surface area contributed by atoms with Crippen LogP contribution >= 0.6 is 0 Å². The number of amides is 1. The van der Waals surface area contributed by atoms with Crippen molar-refractivity contribution in [2.75, 3.05) is 31.1 Å². The smallest absolute Gasteiger partial charge is 0.223 e. The fourth-order valence-electron chi connectivity index (χ4n) is 4.55. The molecule has 2 aliphatic rings. The Labute approximate surface area is 179 Å². The third-order valence-electron chi connectivity index (χ3n) is 6.28. The molecule has 1 amide bonds. The zero-order chi connectivity index (χ0) is 20.9. The molecule has 2 aliphatic heterocycles. The molecular formula is C25H32N2O3. The molecule has 2 heterocycles. The average molecular weight is 409 g/mol. The maximum Gasteiger partial charge on any atom is 0.223 e. The van der Waals surface area contributed by atoms with Gasteiger partial charge in [-0.25, -0.2) is 0 Å². The maximum absolute atomic E-state index is 11.9. The standard InChI is InChI=1S/C25H32N2O3/c1-19(28)27-13-5-8-21-16-22(9-10-24(21)27)25(29)17-26-14-11-23(12-15-26)30-18-20-6-3-2-4-7-20/h2-4,6-7,9-10,16,23,25,29H,5,8,11-15,17-18H2,1H3. The van der Waals surface area contributed by atoms with Crippen molar-refractivity contribution < 1.29 is 14.6 Å². The molecule has 0 spiro atoms. The number of aliphatic hydroxyl groups is 1. The van der Waals surface area contributed by atoms with Gasteiger partial charge in [-0.15, -0.1) is 0 Å². The maximum atomic E-state index is 11.9. The lowest BCUT2D eigenvalue weighted by molar-refractivity contribution is -0.116. The quantitative estimate of drug-likeness (QED) is 0.792. The van der Waals surface area contributed by atoms with Crippen molar-refractivity contribution in [3.05, 3.63) is 65.2 Å². The second-order valence-corrected chi connectivity index (χ2v) is 8.47. The van der Waals surface area contributed by atoms with Crippen LogP contribution in [0.1, 0.15) is 49.0 Å². The van der Waals surface area contributed by atoms with Crippen LogP contribution in [0.5, 0.6) is 0 Å². The summed E-state index contributed by atoms with van der Waals surface area (Å²) in [6, 6.07) is 16.4. The van der Waals surface area contributed by atoms with Crippen molar-refractivity contribution in [2.24, 2.45) is 0 Å². The number of β-amino-alcohol motifs (C(OH)–C–C–N with tert-alkyl or cyclic N) is 1. The number of hydrogen-bond acceptors (Lipinski definition) is 4. The molecule has 0 aromatic heterocycles. The van der Waals surface area contributed by atoms with Crippen LogP contribution in [0.25, 0.3) is 0 Å². The van der Waals surface area contributed by atoms with E-state index in [0.29, 0.717) is 19.3 Å². The van der Waals surface area contributed by atoms with Gasteiger partial charge < -0.3 is 19.6 Å². The Hall–Kier alpha value is -2.21. The Bertz CT molecular complexity index is 847. The number of anilines is 1. The van der Waals surface area contributed by atoms with Crippen molar-refractivity contribution in [1.29, 1.82) is 0 Å². The van der Waals surface area contributed by atoms with E-state index in [9.17, 15) is 9.90 Å². The molecule has 30 heavy (non-hydrogen) atoms. The number of likely N-dealkylation sites (tertiary alicyclic amines) is 1. The number of nitrogens with zero attached hydrogens (tertiary/aromatic N) is 2. The number of carbonyl (C=O) groups is 1. The first-order valence-electron chi connectivity index (χ1n) is 11.1. The molecule has 1 atom stereocenters. The summed E-state index contributed by atoms with van der Waals surface area (Å²) in [5, 5.41) is 10.8. The first-order valence-corrected chi connectivity index (χ1v) is 11.1. The monoisotopic (exact) mass is 408 g/mol. The van der Waals surface area contributed by atoms with E-state index < -0.39 is 6.10 Å². The summed E-state index contributed by atoms with van der Waals surface area (Å²) in [5.41, 5.74) is 4.33. The van der Waals surface area contributed by atoms with Gasteiger partial charge in [0.05, 0.1) is 18.8 Å². The lowest BCUT2D eigenvalue weighted by Gasteiger charge is -2.33.